The largest absolute Gasteiger partial charge is 0.496 e. The summed E-state index contributed by atoms with van der Waals surface area (Å²) in [5.41, 5.74) is 5.22. The van der Waals surface area contributed by atoms with Crippen LogP contribution in [-0.2, 0) is 0 Å². The Morgan fingerprint density at radius 2 is 1.88 bits per heavy atom. The lowest BCUT2D eigenvalue weighted by Gasteiger charge is -2.08. The van der Waals surface area contributed by atoms with Gasteiger partial charge in [0, 0.05) is 16.5 Å². The molecule has 0 saturated heterocycles. The van der Waals surface area contributed by atoms with Crippen LogP contribution in [0.25, 0.3) is 27.5 Å². The first kappa shape index (κ1) is 15.6. The molecule has 25 heavy (non-hydrogen) atoms. The van der Waals surface area contributed by atoms with E-state index in [0.717, 1.165) is 33.8 Å². The topological polar surface area (TPSA) is 43.6 Å². The zero-order chi connectivity index (χ0) is 17.4. The van der Waals surface area contributed by atoms with Crippen LogP contribution in [0.3, 0.4) is 0 Å². The van der Waals surface area contributed by atoms with Crippen LogP contribution >= 0.6 is 11.3 Å². The number of nitrogens with zero attached hydrogens (tertiary/aromatic N) is 2. The van der Waals surface area contributed by atoms with Crippen molar-refractivity contribution in [2.45, 2.75) is 6.92 Å². The summed E-state index contributed by atoms with van der Waals surface area (Å²) in [5, 5.41) is 2.01. The lowest BCUT2D eigenvalue weighted by molar-refractivity contribution is 0.111. The number of thiazole rings is 1. The van der Waals surface area contributed by atoms with E-state index in [9.17, 15) is 4.79 Å². The Labute approximate surface area is 149 Å². The highest BCUT2D eigenvalue weighted by atomic mass is 32.1. The van der Waals surface area contributed by atoms with Gasteiger partial charge in [0.1, 0.15) is 17.1 Å². The van der Waals surface area contributed by atoms with Crippen molar-refractivity contribution in [2.24, 2.45) is 0 Å². The molecule has 0 fully saturated rings. The number of benzene rings is 2. The van der Waals surface area contributed by atoms with E-state index in [0.29, 0.717) is 11.4 Å². The van der Waals surface area contributed by atoms with Gasteiger partial charge in [-0.25, -0.2) is 4.98 Å². The summed E-state index contributed by atoms with van der Waals surface area (Å²) < 4.78 is 7.39. The van der Waals surface area contributed by atoms with Crippen molar-refractivity contribution in [3.8, 4) is 28.3 Å². The molecule has 4 aromatic rings. The van der Waals surface area contributed by atoms with Crippen LogP contribution in [0.2, 0.25) is 0 Å². The number of carbonyl (C=O) groups is 1. The van der Waals surface area contributed by atoms with Crippen LogP contribution in [0.4, 0.5) is 0 Å². The van der Waals surface area contributed by atoms with E-state index in [1.807, 2.05) is 65.2 Å². The van der Waals surface area contributed by atoms with E-state index in [-0.39, 0.29) is 0 Å². The Bertz CT molecular complexity index is 1060. The third kappa shape index (κ3) is 2.53. The van der Waals surface area contributed by atoms with Crippen LogP contribution in [0.5, 0.6) is 5.75 Å². The number of carbonyl (C=O) groups excluding carboxylic acids is 1. The summed E-state index contributed by atoms with van der Waals surface area (Å²) in [6, 6.07) is 15.8. The molecule has 0 bridgehead atoms. The molecule has 2 aromatic carbocycles. The van der Waals surface area contributed by atoms with Gasteiger partial charge in [0.25, 0.3) is 0 Å². The van der Waals surface area contributed by atoms with E-state index in [1.54, 1.807) is 7.11 Å². The summed E-state index contributed by atoms with van der Waals surface area (Å²) in [6.07, 6.45) is 0.876. The Balaban J connectivity index is 1.97. The molecule has 4 nitrogen and oxygen atoms in total. The molecule has 0 unspecified atom stereocenters. The maximum absolute atomic E-state index is 11.9. The lowest BCUT2D eigenvalue weighted by atomic mass is 10.1. The number of hydrogen-bond acceptors (Lipinski definition) is 4. The number of aryl methyl sites for hydroxylation is 1. The van der Waals surface area contributed by atoms with Gasteiger partial charge in [0.15, 0.2) is 11.2 Å². The Hall–Kier alpha value is -2.92. The number of para-hydroxylation sites is 1. The SMILES string of the molecule is COc1ccccc1-c1csc2nc(-c3ccc(C)cc3)c(C=O)n12. The fraction of sp³-hybridized carbons (Fsp3) is 0.100. The Morgan fingerprint density at radius 1 is 1.12 bits per heavy atom. The van der Waals surface area contributed by atoms with Crippen molar-refractivity contribution in [2.75, 3.05) is 7.11 Å². The van der Waals surface area contributed by atoms with Gasteiger partial charge in [-0.2, -0.15) is 0 Å². The van der Waals surface area contributed by atoms with Gasteiger partial charge in [-0.15, -0.1) is 11.3 Å². The Kier molecular flexibility index (Phi) is 3.86. The molecule has 5 heteroatoms. The van der Waals surface area contributed by atoms with Gasteiger partial charge < -0.3 is 4.74 Å². The van der Waals surface area contributed by atoms with Crippen LogP contribution < -0.4 is 4.74 Å². The maximum atomic E-state index is 11.9. The Morgan fingerprint density at radius 3 is 2.60 bits per heavy atom. The van der Waals surface area contributed by atoms with Crippen molar-refractivity contribution in [1.29, 1.82) is 0 Å². The first-order chi connectivity index (χ1) is 12.2. The number of fused-ring (bicyclic) bond motifs is 1. The number of ether oxygens (including phenoxy) is 1. The lowest BCUT2D eigenvalue weighted by Crippen LogP contribution is -1.95. The minimum absolute atomic E-state index is 0.556. The van der Waals surface area contributed by atoms with Crippen molar-refractivity contribution >= 4 is 22.6 Å². The number of rotatable bonds is 4. The molecule has 0 saturated carbocycles. The van der Waals surface area contributed by atoms with Crippen LogP contribution in [0, 0.1) is 6.92 Å². The predicted octanol–water partition coefficient (Wildman–Crippen LogP) is 4.86. The molecule has 0 aliphatic carbocycles. The quantitative estimate of drug-likeness (QED) is 0.495. The van der Waals surface area contributed by atoms with Crippen molar-refractivity contribution in [1.82, 2.24) is 9.38 Å². The van der Waals surface area contributed by atoms with E-state index in [2.05, 4.69) is 0 Å². The summed E-state index contributed by atoms with van der Waals surface area (Å²) in [5.74, 6) is 0.768. The van der Waals surface area contributed by atoms with Gasteiger partial charge in [-0.3, -0.25) is 9.20 Å². The summed E-state index contributed by atoms with van der Waals surface area (Å²) in [7, 11) is 1.65. The van der Waals surface area contributed by atoms with E-state index in [1.165, 1.54) is 16.9 Å². The van der Waals surface area contributed by atoms with Gasteiger partial charge >= 0.3 is 0 Å². The van der Waals surface area contributed by atoms with Gasteiger partial charge in [0.2, 0.25) is 0 Å². The number of imidazole rings is 1. The van der Waals surface area contributed by atoms with Crippen molar-refractivity contribution in [3.05, 3.63) is 65.2 Å². The van der Waals surface area contributed by atoms with Gasteiger partial charge in [-0.05, 0) is 19.1 Å². The third-order valence-electron chi connectivity index (χ3n) is 4.22. The minimum atomic E-state index is 0.556. The van der Waals surface area contributed by atoms with Crippen LogP contribution in [0.15, 0.2) is 53.9 Å². The fourth-order valence-electron chi connectivity index (χ4n) is 2.96. The fourth-order valence-corrected chi connectivity index (χ4v) is 3.85. The second-order valence-electron chi connectivity index (χ2n) is 5.77. The van der Waals surface area contributed by atoms with Crippen molar-refractivity contribution in [3.63, 3.8) is 0 Å². The second-order valence-corrected chi connectivity index (χ2v) is 6.61. The highest BCUT2D eigenvalue weighted by Gasteiger charge is 2.19. The van der Waals surface area contributed by atoms with Crippen molar-refractivity contribution < 1.29 is 9.53 Å². The first-order valence-electron chi connectivity index (χ1n) is 7.88. The third-order valence-corrected chi connectivity index (χ3v) is 5.04. The molecule has 0 spiro atoms. The molecule has 2 heterocycles. The molecule has 2 aromatic heterocycles. The average Bonchev–Trinajstić information content (AvgIpc) is 3.21. The molecule has 0 N–H and O–H groups in total. The standard InChI is InChI=1S/C20H16N2O2S/c1-13-7-9-14(10-8-13)19-16(11-23)22-17(12-25-20(22)21-19)15-5-3-4-6-18(15)24-2/h3-12H,1-2H3. The van der Waals surface area contributed by atoms with Gasteiger partial charge in [-0.1, -0.05) is 42.0 Å². The predicted molar refractivity (Wildman–Crippen MR) is 101 cm³/mol. The number of aldehydes is 1. The van der Waals surface area contributed by atoms with Crippen LogP contribution in [0.1, 0.15) is 16.1 Å². The van der Waals surface area contributed by atoms with Gasteiger partial charge in [0.05, 0.1) is 12.8 Å². The molecule has 0 aliphatic heterocycles. The normalized spacial score (nSPS) is 11.0. The summed E-state index contributed by atoms with van der Waals surface area (Å²) in [4.78, 5) is 17.4. The number of methoxy groups -OCH3 is 1. The van der Waals surface area contributed by atoms with Crippen LogP contribution in [-0.4, -0.2) is 22.8 Å². The minimum Gasteiger partial charge on any atom is -0.496 e. The first-order valence-corrected chi connectivity index (χ1v) is 8.76. The zero-order valence-corrected chi connectivity index (χ0v) is 14.7. The number of hydrogen-bond donors (Lipinski definition) is 0. The molecular formula is C20H16N2O2S. The molecule has 0 aliphatic rings. The van der Waals surface area contributed by atoms with E-state index < -0.39 is 0 Å². The molecular weight excluding hydrogens is 332 g/mol. The molecule has 0 atom stereocenters. The number of aromatic nitrogens is 2. The smallest absolute Gasteiger partial charge is 0.195 e. The maximum Gasteiger partial charge on any atom is 0.195 e. The summed E-state index contributed by atoms with van der Waals surface area (Å²) in [6.45, 7) is 2.04. The second kappa shape index (κ2) is 6.18. The molecule has 4 rings (SSSR count). The molecule has 0 amide bonds. The average molecular weight is 348 g/mol. The highest BCUT2D eigenvalue weighted by molar-refractivity contribution is 7.15. The molecule has 124 valence electrons. The summed E-state index contributed by atoms with van der Waals surface area (Å²) >= 11 is 1.51. The molecule has 0 radical (unpaired) electrons. The van der Waals surface area contributed by atoms with E-state index in [4.69, 9.17) is 9.72 Å². The van der Waals surface area contributed by atoms with E-state index >= 15 is 0 Å². The zero-order valence-electron chi connectivity index (χ0n) is 13.9. The monoisotopic (exact) mass is 348 g/mol. The highest BCUT2D eigenvalue weighted by Crippen LogP contribution is 2.36.